The van der Waals surface area contributed by atoms with Crippen LogP contribution in [0.3, 0.4) is 0 Å². The number of carbonyl (C=O) groups excluding carboxylic acids is 2. The van der Waals surface area contributed by atoms with Crippen molar-refractivity contribution in [2.24, 2.45) is 5.92 Å². The number of hydrogen-bond acceptors (Lipinski definition) is 8. The van der Waals surface area contributed by atoms with Gasteiger partial charge >= 0.3 is 0 Å². The smallest absolute Gasteiger partial charge is 0.258 e. The summed E-state index contributed by atoms with van der Waals surface area (Å²) in [6.07, 6.45) is 2.29. The Morgan fingerprint density at radius 1 is 1.02 bits per heavy atom. The quantitative estimate of drug-likeness (QED) is 0.326. The van der Waals surface area contributed by atoms with E-state index in [9.17, 15) is 14.7 Å². The Balaban J connectivity index is 1.38. The Hall–Kier alpha value is -4.12. The zero-order chi connectivity index (χ0) is 33.3. The van der Waals surface area contributed by atoms with Gasteiger partial charge in [0.05, 0.1) is 30.4 Å². The third-order valence-electron chi connectivity index (χ3n) is 8.73. The van der Waals surface area contributed by atoms with Crippen LogP contribution in [0.2, 0.25) is 0 Å². The van der Waals surface area contributed by atoms with E-state index in [4.69, 9.17) is 18.9 Å². The Kier molecular flexibility index (Phi) is 11.7. The molecule has 2 aliphatic heterocycles. The minimum atomic E-state index is -0.460. The number of ether oxygens (including phenoxy) is 4. The maximum atomic E-state index is 14.4. The number of likely N-dealkylation sites (N-methyl/N-ethyl adjacent to an activating group) is 1. The summed E-state index contributed by atoms with van der Waals surface area (Å²) in [5.74, 6) is 1.37. The topological polar surface area (TPSA) is 110 Å². The molecule has 10 heteroatoms. The second kappa shape index (κ2) is 16.1. The standard InChI is InChI=1S/C37H47N3O7/c1-25-20-40(26(2)23-41)37(43)31-19-30(38-36(42)29-11-6-5-7-12-29)14-16-32(31)47-27(3)10-8-9-17-44-35(25)22-39(4)21-28-13-15-33-34(18-28)46-24-45-33/h5-7,11-16,18-19,25-27,35,41H,8-10,17,20-24H2,1-4H3,(H,38,42)/t25-,26+,27-,35+/m0/s1. The number of aliphatic hydroxyl groups is 1. The first-order valence-electron chi connectivity index (χ1n) is 16.5. The molecule has 0 unspecified atom stereocenters. The van der Waals surface area contributed by atoms with Crippen LogP contribution >= 0.6 is 0 Å². The van der Waals surface area contributed by atoms with Gasteiger partial charge in [-0.25, -0.2) is 0 Å². The molecular weight excluding hydrogens is 598 g/mol. The van der Waals surface area contributed by atoms with Crippen molar-refractivity contribution in [1.29, 1.82) is 0 Å². The molecular formula is C37H47N3O7. The van der Waals surface area contributed by atoms with Gasteiger partial charge in [-0.2, -0.15) is 0 Å². The number of anilines is 1. The molecule has 0 aliphatic carbocycles. The van der Waals surface area contributed by atoms with Crippen molar-refractivity contribution in [3.05, 3.63) is 83.4 Å². The fourth-order valence-corrected chi connectivity index (χ4v) is 5.98. The first kappa shape index (κ1) is 34.2. The van der Waals surface area contributed by atoms with Gasteiger partial charge in [-0.15, -0.1) is 0 Å². The maximum Gasteiger partial charge on any atom is 0.258 e. The van der Waals surface area contributed by atoms with Crippen molar-refractivity contribution in [2.45, 2.75) is 64.8 Å². The minimum absolute atomic E-state index is 0.0562. The zero-order valence-electron chi connectivity index (χ0n) is 27.8. The summed E-state index contributed by atoms with van der Waals surface area (Å²) in [6.45, 7) is 8.26. The summed E-state index contributed by atoms with van der Waals surface area (Å²) in [5, 5.41) is 13.2. The lowest BCUT2D eigenvalue weighted by Crippen LogP contribution is -2.47. The molecule has 0 aromatic heterocycles. The van der Waals surface area contributed by atoms with Gasteiger partial charge < -0.3 is 34.3 Å². The molecule has 47 heavy (non-hydrogen) atoms. The fourth-order valence-electron chi connectivity index (χ4n) is 5.98. The van der Waals surface area contributed by atoms with Gasteiger partial charge in [0.15, 0.2) is 11.5 Å². The van der Waals surface area contributed by atoms with E-state index in [-0.39, 0.29) is 43.3 Å². The predicted molar refractivity (Wildman–Crippen MR) is 180 cm³/mol. The summed E-state index contributed by atoms with van der Waals surface area (Å²) < 4.78 is 23.9. The molecule has 2 amide bonds. The van der Waals surface area contributed by atoms with Gasteiger partial charge in [-0.3, -0.25) is 14.5 Å². The van der Waals surface area contributed by atoms with Gasteiger partial charge in [-0.1, -0.05) is 31.2 Å². The summed E-state index contributed by atoms with van der Waals surface area (Å²) in [4.78, 5) is 31.2. The van der Waals surface area contributed by atoms with E-state index in [0.717, 1.165) is 36.3 Å². The van der Waals surface area contributed by atoms with E-state index in [2.05, 4.69) is 24.2 Å². The molecule has 0 fully saturated rings. The number of aliphatic hydroxyl groups excluding tert-OH is 1. The largest absolute Gasteiger partial charge is 0.490 e. The lowest BCUT2D eigenvalue weighted by Gasteiger charge is -2.36. The molecule has 3 aromatic rings. The number of fused-ring (bicyclic) bond motifs is 2. The Morgan fingerprint density at radius 2 is 1.79 bits per heavy atom. The van der Waals surface area contributed by atoms with Crippen LogP contribution in [0.1, 0.15) is 66.3 Å². The predicted octanol–water partition coefficient (Wildman–Crippen LogP) is 5.60. The molecule has 0 radical (unpaired) electrons. The van der Waals surface area contributed by atoms with Gasteiger partial charge in [0.1, 0.15) is 5.75 Å². The Morgan fingerprint density at radius 3 is 2.57 bits per heavy atom. The number of hydrogen-bond donors (Lipinski definition) is 2. The highest BCUT2D eigenvalue weighted by Gasteiger charge is 2.30. The SMILES string of the molecule is C[C@H](CO)N1C[C@H](C)[C@@H](CN(C)Cc2ccc3c(c2)OCO3)OCCCC[C@H](C)Oc2ccc(NC(=O)c3ccccc3)cc2C1=O. The summed E-state index contributed by atoms with van der Waals surface area (Å²) in [6, 6.07) is 19.6. The molecule has 252 valence electrons. The lowest BCUT2D eigenvalue weighted by molar-refractivity contribution is -0.0177. The molecule has 5 rings (SSSR count). The van der Waals surface area contributed by atoms with E-state index in [1.165, 1.54) is 0 Å². The third-order valence-corrected chi connectivity index (χ3v) is 8.73. The molecule has 0 spiro atoms. The van der Waals surface area contributed by atoms with Crippen LogP contribution < -0.4 is 19.5 Å². The van der Waals surface area contributed by atoms with Crippen LogP contribution in [-0.4, -0.2) is 85.1 Å². The molecule has 0 bridgehead atoms. The van der Waals surface area contributed by atoms with Crippen molar-refractivity contribution < 1.29 is 33.6 Å². The highest BCUT2D eigenvalue weighted by Crippen LogP contribution is 2.33. The highest BCUT2D eigenvalue weighted by molar-refractivity contribution is 6.05. The van der Waals surface area contributed by atoms with Crippen LogP contribution in [0, 0.1) is 5.92 Å². The molecule has 2 aliphatic rings. The summed E-state index contributed by atoms with van der Waals surface area (Å²) >= 11 is 0. The minimum Gasteiger partial charge on any atom is -0.490 e. The van der Waals surface area contributed by atoms with Crippen LogP contribution in [0.4, 0.5) is 5.69 Å². The van der Waals surface area contributed by atoms with E-state index in [1.54, 1.807) is 47.4 Å². The molecule has 10 nitrogen and oxygen atoms in total. The Labute approximate surface area is 277 Å². The average molecular weight is 646 g/mol. The molecule has 2 N–H and O–H groups in total. The van der Waals surface area contributed by atoms with Crippen molar-refractivity contribution in [3.63, 3.8) is 0 Å². The summed E-state index contributed by atoms with van der Waals surface area (Å²) in [5.41, 5.74) is 2.45. The number of amides is 2. The average Bonchev–Trinajstić information content (AvgIpc) is 3.54. The third kappa shape index (κ3) is 9.03. The fraction of sp³-hybridized carbons (Fsp3) is 0.459. The second-order valence-corrected chi connectivity index (χ2v) is 12.7. The van der Waals surface area contributed by atoms with E-state index in [0.29, 0.717) is 48.8 Å². The van der Waals surface area contributed by atoms with Gasteiger partial charge in [-0.05, 0) is 88.2 Å². The van der Waals surface area contributed by atoms with Crippen LogP contribution in [0.5, 0.6) is 17.2 Å². The van der Waals surface area contributed by atoms with Crippen LogP contribution in [0.15, 0.2) is 66.7 Å². The molecule has 2 heterocycles. The number of nitrogens with one attached hydrogen (secondary N) is 1. The molecule has 3 aromatic carbocycles. The lowest BCUT2D eigenvalue weighted by atomic mass is 10.0. The molecule has 0 saturated carbocycles. The van der Waals surface area contributed by atoms with Crippen molar-refractivity contribution >= 4 is 17.5 Å². The van der Waals surface area contributed by atoms with Gasteiger partial charge in [0, 0.05) is 43.4 Å². The molecule has 4 atom stereocenters. The van der Waals surface area contributed by atoms with Gasteiger partial charge in [0.2, 0.25) is 6.79 Å². The van der Waals surface area contributed by atoms with Crippen LogP contribution in [0.25, 0.3) is 0 Å². The van der Waals surface area contributed by atoms with Crippen LogP contribution in [-0.2, 0) is 11.3 Å². The number of nitrogens with zero attached hydrogens (tertiary/aromatic N) is 2. The summed E-state index contributed by atoms with van der Waals surface area (Å²) in [7, 11) is 2.06. The van der Waals surface area contributed by atoms with Gasteiger partial charge in [0.25, 0.3) is 11.8 Å². The maximum absolute atomic E-state index is 14.4. The Bertz CT molecular complexity index is 1500. The van der Waals surface area contributed by atoms with E-state index < -0.39 is 6.04 Å². The number of carbonyl (C=O) groups is 2. The van der Waals surface area contributed by atoms with Crippen molar-refractivity contribution in [3.8, 4) is 17.2 Å². The first-order chi connectivity index (χ1) is 22.7. The second-order valence-electron chi connectivity index (χ2n) is 12.7. The number of rotatable bonds is 8. The highest BCUT2D eigenvalue weighted by atomic mass is 16.7. The van der Waals surface area contributed by atoms with E-state index in [1.807, 2.05) is 38.1 Å². The van der Waals surface area contributed by atoms with E-state index >= 15 is 0 Å². The van der Waals surface area contributed by atoms with Crippen molar-refractivity contribution in [1.82, 2.24) is 9.80 Å². The van der Waals surface area contributed by atoms with Crippen molar-refractivity contribution in [2.75, 3.05) is 45.5 Å². The zero-order valence-corrected chi connectivity index (χ0v) is 27.8. The monoisotopic (exact) mass is 645 g/mol. The normalized spacial score (nSPS) is 21.0. The number of benzene rings is 3. The first-order valence-corrected chi connectivity index (χ1v) is 16.5. The molecule has 0 saturated heterocycles.